The molecule has 0 aliphatic carbocycles. The second kappa shape index (κ2) is 7.28. The molecule has 1 heterocycles. The zero-order valence-electron chi connectivity index (χ0n) is 11.5. The van der Waals surface area contributed by atoms with Crippen molar-refractivity contribution in [3.8, 4) is 5.75 Å². The van der Waals surface area contributed by atoms with Crippen molar-refractivity contribution >= 4 is 5.91 Å². The van der Waals surface area contributed by atoms with E-state index in [1.165, 1.54) is 0 Å². The minimum Gasteiger partial charge on any atom is -0.493 e. The number of amides is 1. The maximum atomic E-state index is 12.1. The third-order valence-electron chi connectivity index (χ3n) is 2.85. The highest BCUT2D eigenvalue weighted by Gasteiger charge is 2.10. The van der Waals surface area contributed by atoms with E-state index in [1.54, 1.807) is 24.5 Å². The van der Waals surface area contributed by atoms with Crippen molar-refractivity contribution < 1.29 is 9.53 Å². The van der Waals surface area contributed by atoms with Gasteiger partial charge in [0.05, 0.1) is 12.2 Å². The molecule has 1 amide bonds. The highest BCUT2D eigenvalue weighted by atomic mass is 16.5. The van der Waals surface area contributed by atoms with Crippen molar-refractivity contribution in [3.63, 3.8) is 0 Å². The Morgan fingerprint density at radius 2 is 2.10 bits per heavy atom. The summed E-state index contributed by atoms with van der Waals surface area (Å²) < 4.78 is 5.45. The van der Waals surface area contributed by atoms with E-state index in [9.17, 15) is 4.79 Å². The Morgan fingerprint density at radius 3 is 2.85 bits per heavy atom. The van der Waals surface area contributed by atoms with Crippen molar-refractivity contribution in [2.75, 3.05) is 13.2 Å². The number of carbonyl (C=O) groups is 1. The smallest absolute Gasteiger partial charge is 0.255 e. The van der Waals surface area contributed by atoms with Gasteiger partial charge in [-0.1, -0.05) is 18.2 Å². The number of para-hydroxylation sites is 1. The summed E-state index contributed by atoms with van der Waals surface area (Å²) in [5, 5.41) is 2.90. The van der Waals surface area contributed by atoms with Crippen molar-refractivity contribution in [1.82, 2.24) is 10.3 Å². The van der Waals surface area contributed by atoms with Gasteiger partial charge >= 0.3 is 0 Å². The molecule has 0 saturated heterocycles. The summed E-state index contributed by atoms with van der Waals surface area (Å²) in [7, 11) is 0. The summed E-state index contributed by atoms with van der Waals surface area (Å²) >= 11 is 0. The van der Waals surface area contributed by atoms with E-state index in [-0.39, 0.29) is 5.91 Å². The third kappa shape index (κ3) is 3.82. The first-order valence-electron chi connectivity index (χ1n) is 6.70. The Hall–Kier alpha value is -2.36. The highest BCUT2D eigenvalue weighted by molar-refractivity contribution is 5.96. The van der Waals surface area contributed by atoms with Crippen LogP contribution in [0.2, 0.25) is 0 Å². The van der Waals surface area contributed by atoms with Gasteiger partial charge in [-0.15, -0.1) is 0 Å². The van der Waals surface area contributed by atoms with Crippen LogP contribution in [0.1, 0.15) is 22.8 Å². The van der Waals surface area contributed by atoms with Gasteiger partial charge < -0.3 is 10.1 Å². The molecule has 0 aliphatic rings. The predicted octanol–water partition coefficient (Wildman–Crippen LogP) is 2.45. The van der Waals surface area contributed by atoms with Gasteiger partial charge in [0.25, 0.3) is 5.91 Å². The summed E-state index contributed by atoms with van der Waals surface area (Å²) in [6.07, 6.45) is 4.30. The number of nitrogens with zero attached hydrogens (tertiary/aromatic N) is 1. The Balaban J connectivity index is 1.92. The van der Waals surface area contributed by atoms with Gasteiger partial charge in [-0.25, -0.2) is 0 Å². The number of ether oxygens (including phenoxy) is 1. The number of pyridine rings is 1. The first kappa shape index (κ1) is 14.1. The molecule has 1 aromatic heterocycles. The van der Waals surface area contributed by atoms with E-state index >= 15 is 0 Å². The van der Waals surface area contributed by atoms with Crippen LogP contribution in [0.3, 0.4) is 0 Å². The molecule has 20 heavy (non-hydrogen) atoms. The van der Waals surface area contributed by atoms with Crippen molar-refractivity contribution in [1.29, 1.82) is 0 Å². The standard InChI is InChI=1S/C16H18N2O2/c1-2-20-15-8-4-3-7-14(15)16(19)18-11-9-13-6-5-10-17-12-13/h3-8,10,12H,2,9,11H2,1H3,(H,18,19). The van der Waals surface area contributed by atoms with Gasteiger partial charge in [-0.05, 0) is 37.1 Å². The van der Waals surface area contributed by atoms with Crippen LogP contribution in [0.5, 0.6) is 5.75 Å². The number of aromatic nitrogens is 1. The fourth-order valence-corrected chi connectivity index (χ4v) is 1.90. The van der Waals surface area contributed by atoms with Crippen LogP contribution in [-0.4, -0.2) is 24.0 Å². The molecule has 0 atom stereocenters. The molecule has 0 radical (unpaired) electrons. The molecule has 0 bridgehead atoms. The van der Waals surface area contributed by atoms with Crippen molar-refractivity contribution in [2.24, 2.45) is 0 Å². The third-order valence-corrected chi connectivity index (χ3v) is 2.85. The lowest BCUT2D eigenvalue weighted by molar-refractivity contribution is 0.0950. The maximum absolute atomic E-state index is 12.1. The Labute approximate surface area is 118 Å². The summed E-state index contributed by atoms with van der Waals surface area (Å²) in [6.45, 7) is 3.02. The summed E-state index contributed by atoms with van der Waals surface area (Å²) in [4.78, 5) is 16.2. The molecular weight excluding hydrogens is 252 g/mol. The fraction of sp³-hybridized carbons (Fsp3) is 0.250. The van der Waals surface area contributed by atoms with E-state index in [4.69, 9.17) is 4.74 Å². The van der Waals surface area contributed by atoms with E-state index in [1.807, 2.05) is 31.2 Å². The lowest BCUT2D eigenvalue weighted by atomic mass is 10.1. The lowest BCUT2D eigenvalue weighted by Gasteiger charge is -2.10. The Bertz CT molecular complexity index is 555. The molecule has 0 fully saturated rings. The summed E-state index contributed by atoms with van der Waals surface area (Å²) in [5.41, 5.74) is 1.67. The van der Waals surface area contributed by atoms with Crippen LogP contribution in [0.25, 0.3) is 0 Å². The first-order valence-corrected chi connectivity index (χ1v) is 6.70. The van der Waals surface area contributed by atoms with Crippen LogP contribution in [0, 0.1) is 0 Å². The number of carbonyl (C=O) groups excluding carboxylic acids is 1. The van der Waals surface area contributed by atoms with Crippen molar-refractivity contribution in [3.05, 3.63) is 59.9 Å². The highest BCUT2D eigenvalue weighted by Crippen LogP contribution is 2.17. The van der Waals surface area contributed by atoms with E-state index in [2.05, 4.69) is 10.3 Å². The Kier molecular flexibility index (Phi) is 5.12. The van der Waals surface area contributed by atoms with Gasteiger partial charge in [-0.2, -0.15) is 0 Å². The van der Waals surface area contributed by atoms with E-state index in [0.717, 1.165) is 12.0 Å². The Morgan fingerprint density at radius 1 is 1.25 bits per heavy atom. The minimum atomic E-state index is -0.113. The molecule has 2 aromatic rings. The van der Waals surface area contributed by atoms with Crippen LogP contribution in [-0.2, 0) is 6.42 Å². The monoisotopic (exact) mass is 270 g/mol. The zero-order valence-corrected chi connectivity index (χ0v) is 11.5. The van der Waals surface area contributed by atoms with Gasteiger partial charge in [0.1, 0.15) is 5.75 Å². The molecule has 0 saturated carbocycles. The van der Waals surface area contributed by atoms with Gasteiger partial charge in [0.2, 0.25) is 0 Å². The van der Waals surface area contributed by atoms with Crippen LogP contribution >= 0.6 is 0 Å². The molecule has 1 aromatic carbocycles. The first-order chi connectivity index (χ1) is 9.81. The maximum Gasteiger partial charge on any atom is 0.255 e. The number of rotatable bonds is 6. The quantitative estimate of drug-likeness (QED) is 0.877. The molecule has 104 valence electrons. The SMILES string of the molecule is CCOc1ccccc1C(=O)NCCc1cccnc1. The van der Waals surface area contributed by atoms with Crippen LogP contribution in [0.15, 0.2) is 48.8 Å². The summed E-state index contributed by atoms with van der Waals surface area (Å²) in [6, 6.07) is 11.1. The zero-order chi connectivity index (χ0) is 14.2. The second-order valence-corrected chi connectivity index (χ2v) is 4.30. The predicted molar refractivity (Wildman–Crippen MR) is 77.9 cm³/mol. The number of hydrogen-bond acceptors (Lipinski definition) is 3. The molecule has 0 unspecified atom stereocenters. The van der Waals surface area contributed by atoms with Gasteiger partial charge in [0, 0.05) is 18.9 Å². The molecule has 0 spiro atoms. The number of nitrogens with one attached hydrogen (secondary N) is 1. The lowest BCUT2D eigenvalue weighted by Crippen LogP contribution is -2.26. The number of hydrogen-bond donors (Lipinski definition) is 1. The van der Waals surface area contributed by atoms with E-state index in [0.29, 0.717) is 24.5 Å². The average molecular weight is 270 g/mol. The van der Waals surface area contributed by atoms with Gasteiger partial charge in [0.15, 0.2) is 0 Å². The van der Waals surface area contributed by atoms with Crippen molar-refractivity contribution in [2.45, 2.75) is 13.3 Å². The topological polar surface area (TPSA) is 51.2 Å². The second-order valence-electron chi connectivity index (χ2n) is 4.30. The van der Waals surface area contributed by atoms with Gasteiger partial charge in [-0.3, -0.25) is 9.78 Å². The summed E-state index contributed by atoms with van der Waals surface area (Å²) in [5.74, 6) is 0.506. The minimum absolute atomic E-state index is 0.113. The molecule has 4 heteroatoms. The molecule has 0 aliphatic heterocycles. The normalized spacial score (nSPS) is 10.1. The molecule has 4 nitrogen and oxygen atoms in total. The molecular formula is C16H18N2O2. The number of benzene rings is 1. The van der Waals surface area contributed by atoms with Crippen LogP contribution in [0.4, 0.5) is 0 Å². The molecule has 1 N–H and O–H groups in total. The van der Waals surface area contributed by atoms with E-state index < -0.39 is 0 Å². The largest absolute Gasteiger partial charge is 0.493 e. The average Bonchev–Trinajstić information content (AvgIpc) is 2.49. The fourth-order valence-electron chi connectivity index (χ4n) is 1.90. The van der Waals surface area contributed by atoms with Crippen LogP contribution < -0.4 is 10.1 Å². The molecule has 2 rings (SSSR count).